The largest absolute Gasteiger partial charge is 0.467 e. The van der Waals surface area contributed by atoms with E-state index >= 15 is 0 Å². The molecule has 0 saturated heterocycles. The van der Waals surface area contributed by atoms with Gasteiger partial charge in [-0.2, -0.15) is 0 Å². The monoisotopic (exact) mass is 372 g/mol. The summed E-state index contributed by atoms with van der Waals surface area (Å²) < 4.78 is 32.5. The van der Waals surface area contributed by atoms with Crippen molar-refractivity contribution in [1.82, 2.24) is 10.0 Å². The van der Waals surface area contributed by atoms with Gasteiger partial charge in [-0.15, -0.1) is 0 Å². The summed E-state index contributed by atoms with van der Waals surface area (Å²) in [5.74, 6) is 0.394. The molecular weight excluding hydrogens is 352 g/mol. The second-order valence-electron chi connectivity index (χ2n) is 5.96. The van der Waals surface area contributed by atoms with Crippen molar-refractivity contribution in [3.63, 3.8) is 0 Å². The smallest absolute Gasteiger partial charge is 0.240 e. The number of hydrogen-bond donors (Lipinski definition) is 2. The molecule has 0 aliphatic heterocycles. The summed E-state index contributed by atoms with van der Waals surface area (Å²) in [6.45, 7) is 1.82. The van der Waals surface area contributed by atoms with E-state index in [4.69, 9.17) is 4.42 Å². The van der Waals surface area contributed by atoms with Gasteiger partial charge in [0.2, 0.25) is 15.9 Å². The van der Waals surface area contributed by atoms with Gasteiger partial charge in [-0.25, -0.2) is 13.1 Å². The number of hydrogen-bond acceptors (Lipinski definition) is 4. The fourth-order valence-electron chi connectivity index (χ4n) is 2.64. The maximum atomic E-state index is 12.4. The highest BCUT2D eigenvalue weighted by atomic mass is 32.2. The third kappa shape index (κ3) is 4.30. The van der Waals surface area contributed by atoms with Crippen LogP contribution < -0.4 is 10.0 Å². The van der Waals surface area contributed by atoms with Crippen molar-refractivity contribution < 1.29 is 17.6 Å². The molecule has 0 unspecified atom stereocenters. The van der Waals surface area contributed by atoms with E-state index in [0.29, 0.717) is 5.76 Å². The van der Waals surface area contributed by atoms with Crippen molar-refractivity contribution in [1.29, 1.82) is 0 Å². The molecule has 0 radical (unpaired) electrons. The Morgan fingerprint density at radius 2 is 1.85 bits per heavy atom. The number of fused-ring (bicyclic) bond motifs is 1. The van der Waals surface area contributed by atoms with Gasteiger partial charge in [0, 0.05) is 13.0 Å². The molecule has 1 aromatic heterocycles. The number of nitrogens with one attached hydrogen (secondary N) is 2. The molecule has 7 heteroatoms. The zero-order chi connectivity index (χ0) is 18.6. The molecule has 0 saturated carbocycles. The van der Waals surface area contributed by atoms with E-state index in [2.05, 4.69) is 10.0 Å². The highest BCUT2D eigenvalue weighted by Crippen LogP contribution is 2.18. The first-order valence-corrected chi connectivity index (χ1v) is 9.75. The second kappa shape index (κ2) is 7.72. The average Bonchev–Trinajstić information content (AvgIpc) is 3.16. The molecule has 2 N–H and O–H groups in total. The maximum absolute atomic E-state index is 12.4. The van der Waals surface area contributed by atoms with Crippen LogP contribution in [0.5, 0.6) is 0 Å². The number of furan rings is 1. The van der Waals surface area contributed by atoms with Crippen LogP contribution in [-0.2, 0) is 14.8 Å². The molecule has 1 heterocycles. The fourth-order valence-corrected chi connectivity index (χ4v) is 3.71. The highest BCUT2D eigenvalue weighted by Gasteiger charge is 2.16. The minimum atomic E-state index is -3.67. The standard InChI is InChI=1S/C19H20N2O4S/c1-14(18-7-4-12-25-18)21-19(22)10-11-20-26(23,24)17-9-8-15-5-2-3-6-16(15)13-17/h2-9,12-14,20H,10-11H2,1H3,(H,21,22)/t14-/m1/s1. The zero-order valence-electron chi connectivity index (χ0n) is 14.3. The first-order valence-electron chi connectivity index (χ1n) is 8.27. The first-order chi connectivity index (χ1) is 12.5. The number of amides is 1. The summed E-state index contributed by atoms with van der Waals surface area (Å²) in [4.78, 5) is 12.1. The predicted molar refractivity (Wildman–Crippen MR) is 99.0 cm³/mol. The molecule has 1 amide bonds. The highest BCUT2D eigenvalue weighted by molar-refractivity contribution is 7.89. The minimum absolute atomic E-state index is 0.0197. The van der Waals surface area contributed by atoms with Gasteiger partial charge in [0.15, 0.2) is 0 Å². The predicted octanol–water partition coefficient (Wildman–Crippen LogP) is 2.98. The van der Waals surface area contributed by atoms with Gasteiger partial charge in [-0.3, -0.25) is 4.79 Å². The van der Waals surface area contributed by atoms with E-state index in [0.717, 1.165) is 10.8 Å². The van der Waals surface area contributed by atoms with E-state index in [-0.39, 0.29) is 29.8 Å². The summed E-state index contributed by atoms with van der Waals surface area (Å²) in [6, 6.07) is 15.7. The maximum Gasteiger partial charge on any atom is 0.240 e. The molecule has 0 aliphatic rings. The zero-order valence-corrected chi connectivity index (χ0v) is 15.1. The molecule has 26 heavy (non-hydrogen) atoms. The van der Waals surface area contributed by atoms with Crippen LogP contribution in [0, 0.1) is 0 Å². The Balaban J connectivity index is 1.56. The molecule has 0 bridgehead atoms. The summed E-state index contributed by atoms with van der Waals surface area (Å²) >= 11 is 0. The van der Waals surface area contributed by atoms with Gasteiger partial charge in [-0.05, 0) is 42.0 Å². The Morgan fingerprint density at radius 3 is 2.58 bits per heavy atom. The molecule has 3 aromatic rings. The number of benzene rings is 2. The lowest BCUT2D eigenvalue weighted by Crippen LogP contribution is -2.32. The molecule has 0 fully saturated rings. The quantitative estimate of drug-likeness (QED) is 0.667. The SMILES string of the molecule is C[C@@H](NC(=O)CCNS(=O)(=O)c1ccc2ccccc2c1)c1ccco1. The van der Waals surface area contributed by atoms with Crippen molar-refractivity contribution in [3.8, 4) is 0 Å². The lowest BCUT2D eigenvalue weighted by molar-refractivity contribution is -0.121. The molecule has 0 spiro atoms. The third-order valence-corrected chi connectivity index (χ3v) is 5.48. The van der Waals surface area contributed by atoms with Gasteiger partial charge in [0.1, 0.15) is 5.76 Å². The van der Waals surface area contributed by atoms with E-state index in [1.165, 1.54) is 6.26 Å². The Hall–Kier alpha value is -2.64. The van der Waals surface area contributed by atoms with Crippen LogP contribution in [0.4, 0.5) is 0 Å². The Morgan fingerprint density at radius 1 is 1.08 bits per heavy atom. The Kier molecular flexibility index (Phi) is 5.39. The van der Waals surface area contributed by atoms with Gasteiger partial charge < -0.3 is 9.73 Å². The van der Waals surface area contributed by atoms with Crippen molar-refractivity contribution in [2.75, 3.05) is 6.54 Å². The molecule has 0 aliphatic carbocycles. The number of rotatable bonds is 7. The minimum Gasteiger partial charge on any atom is -0.467 e. The summed E-state index contributed by atoms with van der Waals surface area (Å²) in [5.41, 5.74) is 0. The molecule has 3 rings (SSSR count). The van der Waals surface area contributed by atoms with Gasteiger partial charge in [-0.1, -0.05) is 30.3 Å². The van der Waals surface area contributed by atoms with Crippen molar-refractivity contribution in [3.05, 3.63) is 66.6 Å². The Labute approximate surface area is 152 Å². The van der Waals surface area contributed by atoms with Gasteiger partial charge in [0.05, 0.1) is 17.2 Å². The van der Waals surface area contributed by atoms with E-state index in [1.807, 2.05) is 24.3 Å². The van der Waals surface area contributed by atoms with Crippen LogP contribution in [0.3, 0.4) is 0 Å². The topological polar surface area (TPSA) is 88.4 Å². The van der Waals surface area contributed by atoms with Crippen LogP contribution >= 0.6 is 0 Å². The van der Waals surface area contributed by atoms with E-state index < -0.39 is 10.0 Å². The van der Waals surface area contributed by atoms with Crippen LogP contribution in [0.15, 0.2) is 70.2 Å². The lowest BCUT2D eigenvalue weighted by atomic mass is 10.1. The summed E-state index contributed by atoms with van der Waals surface area (Å²) in [6.07, 6.45) is 1.58. The van der Waals surface area contributed by atoms with Crippen molar-refractivity contribution in [2.45, 2.75) is 24.3 Å². The first kappa shape index (κ1) is 18.2. The van der Waals surface area contributed by atoms with Crippen LogP contribution in [0.1, 0.15) is 25.1 Å². The molecule has 2 aromatic carbocycles. The van der Waals surface area contributed by atoms with Gasteiger partial charge >= 0.3 is 0 Å². The van der Waals surface area contributed by atoms with Crippen LogP contribution in [0.25, 0.3) is 10.8 Å². The van der Waals surface area contributed by atoms with Crippen molar-refractivity contribution in [2.24, 2.45) is 0 Å². The van der Waals surface area contributed by atoms with E-state index in [9.17, 15) is 13.2 Å². The Bertz CT molecular complexity index is 997. The normalized spacial score (nSPS) is 12.8. The lowest BCUT2D eigenvalue weighted by Gasteiger charge is -2.12. The molecule has 6 nitrogen and oxygen atoms in total. The van der Waals surface area contributed by atoms with E-state index in [1.54, 1.807) is 37.3 Å². The third-order valence-electron chi connectivity index (χ3n) is 4.02. The molecule has 136 valence electrons. The number of carbonyl (C=O) groups is 1. The molecule has 1 atom stereocenters. The van der Waals surface area contributed by atoms with Crippen molar-refractivity contribution >= 4 is 26.7 Å². The average molecular weight is 372 g/mol. The number of sulfonamides is 1. The number of carbonyl (C=O) groups excluding carboxylic acids is 1. The molecular formula is C19H20N2O4S. The second-order valence-corrected chi connectivity index (χ2v) is 7.73. The van der Waals surface area contributed by atoms with Gasteiger partial charge in [0.25, 0.3) is 0 Å². The fraction of sp³-hybridized carbons (Fsp3) is 0.211. The summed E-state index contributed by atoms with van der Waals surface area (Å²) in [5, 5.41) is 4.58. The summed E-state index contributed by atoms with van der Waals surface area (Å²) in [7, 11) is -3.67. The van der Waals surface area contributed by atoms with Crippen LogP contribution in [-0.4, -0.2) is 20.9 Å². The van der Waals surface area contributed by atoms with Crippen LogP contribution in [0.2, 0.25) is 0 Å².